The molecule has 1 aliphatic rings. The first-order valence-electron chi connectivity index (χ1n) is 14.0. The van der Waals surface area contributed by atoms with Crippen LogP contribution < -0.4 is 21.7 Å². The average molecular weight is 626 g/mol. The summed E-state index contributed by atoms with van der Waals surface area (Å²) in [5.41, 5.74) is 6.92. The first kappa shape index (κ1) is 32.1. The fraction of sp³-hybridized carbons (Fsp3) is 0.367. The summed E-state index contributed by atoms with van der Waals surface area (Å²) >= 11 is 1.40. The third-order valence-electron chi connectivity index (χ3n) is 7.14. The van der Waals surface area contributed by atoms with Crippen LogP contribution in [-0.4, -0.2) is 57.5 Å². The van der Waals surface area contributed by atoms with Crippen LogP contribution >= 0.6 is 18.7 Å². The topological polar surface area (TPSA) is 181 Å². The second kappa shape index (κ2) is 15.0. The number of aromatic nitrogens is 1. The number of benzene rings is 1. The van der Waals surface area contributed by atoms with Crippen LogP contribution in [0.25, 0.3) is 0 Å². The Balaban J connectivity index is 1.48. The van der Waals surface area contributed by atoms with Gasteiger partial charge >= 0.3 is 0 Å². The van der Waals surface area contributed by atoms with Crippen LogP contribution in [-0.2, 0) is 43.0 Å². The maximum Gasteiger partial charge on any atom is 0.243 e. The largest absolute Gasteiger partial charge is 0.368 e. The van der Waals surface area contributed by atoms with E-state index in [0.717, 1.165) is 17.7 Å². The standard InChI is InChI=1S/C30H36N5O6PS/c31-29(38)24(15-21-8-9-21)34-30(39)25(16-22-10-12-32-13-11-22)33-27(37)19-42(40,41)28(17-20-5-2-1-3-6-20)35-26(36)18-23-7-4-14-43-23/h1-7,10-14,21,24-25,28H,8-9,15-19H2,(H2,31,38)(H,33,37)(H,34,39)(H,35,36)(H,40,41)/t24-,25-,28?/m0/s1. The van der Waals surface area contributed by atoms with Gasteiger partial charge < -0.3 is 26.6 Å². The van der Waals surface area contributed by atoms with Crippen molar-refractivity contribution in [2.75, 3.05) is 6.16 Å². The molecular weight excluding hydrogens is 589 g/mol. The average Bonchev–Trinajstić information content (AvgIpc) is 3.64. The molecule has 0 saturated heterocycles. The van der Waals surface area contributed by atoms with Crippen molar-refractivity contribution in [2.24, 2.45) is 11.7 Å². The summed E-state index contributed by atoms with van der Waals surface area (Å²) < 4.78 is 13.7. The van der Waals surface area contributed by atoms with Gasteiger partial charge in [0, 0.05) is 30.1 Å². The predicted octanol–water partition coefficient (Wildman–Crippen LogP) is 2.14. The summed E-state index contributed by atoms with van der Waals surface area (Å²) in [6, 6.07) is 13.8. The predicted molar refractivity (Wildman–Crippen MR) is 163 cm³/mol. The van der Waals surface area contributed by atoms with Gasteiger partial charge in [0.15, 0.2) is 0 Å². The van der Waals surface area contributed by atoms with E-state index in [1.807, 2.05) is 11.4 Å². The van der Waals surface area contributed by atoms with Gasteiger partial charge in [0.05, 0.1) is 6.42 Å². The number of pyridine rings is 1. The Kier molecular flexibility index (Phi) is 11.2. The second-order valence-electron chi connectivity index (χ2n) is 10.8. The molecule has 1 fully saturated rings. The highest BCUT2D eigenvalue weighted by Crippen LogP contribution is 2.46. The second-order valence-corrected chi connectivity index (χ2v) is 14.2. The molecule has 1 aliphatic carbocycles. The zero-order valence-electron chi connectivity index (χ0n) is 23.6. The van der Waals surface area contributed by atoms with Gasteiger partial charge in [-0.1, -0.05) is 49.2 Å². The first-order valence-corrected chi connectivity index (χ1v) is 16.8. The summed E-state index contributed by atoms with van der Waals surface area (Å²) in [5.74, 6) is -3.52. The van der Waals surface area contributed by atoms with E-state index in [1.54, 1.807) is 60.9 Å². The van der Waals surface area contributed by atoms with Gasteiger partial charge in [0.2, 0.25) is 31.0 Å². The summed E-state index contributed by atoms with van der Waals surface area (Å²) in [7, 11) is -4.35. The van der Waals surface area contributed by atoms with Gasteiger partial charge in [-0.05, 0) is 47.0 Å². The number of nitrogens with one attached hydrogen (secondary N) is 3. The van der Waals surface area contributed by atoms with E-state index in [2.05, 4.69) is 20.9 Å². The number of primary amides is 1. The van der Waals surface area contributed by atoms with Gasteiger partial charge in [-0.25, -0.2) is 0 Å². The zero-order valence-corrected chi connectivity index (χ0v) is 25.3. The van der Waals surface area contributed by atoms with Crippen molar-refractivity contribution < 1.29 is 28.6 Å². The number of hydrogen-bond donors (Lipinski definition) is 5. The lowest BCUT2D eigenvalue weighted by Gasteiger charge is -2.26. The quantitative estimate of drug-likeness (QED) is 0.151. The number of amides is 4. The number of nitrogens with zero attached hydrogens (tertiary/aromatic N) is 1. The highest BCUT2D eigenvalue weighted by Gasteiger charge is 2.37. The number of thiophene rings is 1. The fourth-order valence-corrected chi connectivity index (χ4v) is 6.93. The van der Waals surface area contributed by atoms with Crippen molar-refractivity contribution in [1.29, 1.82) is 0 Å². The first-order chi connectivity index (χ1) is 20.6. The smallest absolute Gasteiger partial charge is 0.243 e. The van der Waals surface area contributed by atoms with Crippen molar-refractivity contribution in [1.82, 2.24) is 20.9 Å². The molecule has 0 spiro atoms. The molecule has 228 valence electrons. The van der Waals surface area contributed by atoms with Crippen LogP contribution in [0.2, 0.25) is 0 Å². The summed E-state index contributed by atoms with van der Waals surface area (Å²) in [6.45, 7) is 0. The van der Waals surface area contributed by atoms with Crippen LogP contribution in [0, 0.1) is 5.92 Å². The van der Waals surface area contributed by atoms with E-state index >= 15 is 0 Å². The molecule has 4 rings (SSSR count). The van der Waals surface area contributed by atoms with Gasteiger partial charge in [0.1, 0.15) is 24.0 Å². The van der Waals surface area contributed by atoms with Crippen molar-refractivity contribution in [2.45, 2.75) is 56.4 Å². The maximum atomic E-state index is 13.7. The van der Waals surface area contributed by atoms with E-state index in [-0.39, 0.29) is 19.3 Å². The monoisotopic (exact) mass is 625 g/mol. The van der Waals surface area contributed by atoms with Crippen LogP contribution in [0.15, 0.2) is 72.4 Å². The summed E-state index contributed by atoms with van der Waals surface area (Å²) in [5, 5.41) is 9.72. The minimum Gasteiger partial charge on any atom is -0.368 e. The molecule has 2 aromatic heterocycles. The van der Waals surface area contributed by atoms with Crippen molar-refractivity contribution in [3.63, 3.8) is 0 Å². The van der Waals surface area contributed by atoms with Gasteiger partial charge in [0.25, 0.3) is 0 Å². The minimum atomic E-state index is -4.35. The molecule has 2 heterocycles. The van der Waals surface area contributed by atoms with Crippen LogP contribution in [0.1, 0.15) is 35.3 Å². The van der Waals surface area contributed by atoms with Gasteiger partial charge in [-0.3, -0.25) is 28.7 Å². The third-order valence-corrected chi connectivity index (χ3v) is 10.0. The number of carbonyl (C=O) groups is 4. The Hall–Kier alpha value is -3.86. The Labute approximate surface area is 254 Å². The molecule has 4 amide bonds. The highest BCUT2D eigenvalue weighted by atomic mass is 32.1. The fourth-order valence-electron chi connectivity index (χ4n) is 4.67. The van der Waals surface area contributed by atoms with Gasteiger partial charge in [-0.2, -0.15) is 0 Å². The van der Waals surface area contributed by atoms with E-state index < -0.39 is 55.0 Å². The molecule has 1 saturated carbocycles. The van der Waals surface area contributed by atoms with E-state index in [4.69, 9.17) is 5.73 Å². The lowest BCUT2D eigenvalue weighted by molar-refractivity contribution is -0.131. The van der Waals surface area contributed by atoms with Crippen LogP contribution in [0.4, 0.5) is 0 Å². The number of hydrogen-bond acceptors (Lipinski definition) is 7. The Bertz CT molecular complexity index is 1440. The molecule has 43 heavy (non-hydrogen) atoms. The molecule has 13 heteroatoms. The Morgan fingerprint density at radius 2 is 1.60 bits per heavy atom. The molecule has 6 N–H and O–H groups in total. The van der Waals surface area contributed by atoms with Crippen molar-refractivity contribution in [3.8, 4) is 0 Å². The molecule has 11 nitrogen and oxygen atoms in total. The zero-order chi connectivity index (χ0) is 30.8. The Morgan fingerprint density at radius 1 is 0.907 bits per heavy atom. The van der Waals surface area contributed by atoms with Gasteiger partial charge in [-0.15, -0.1) is 11.3 Å². The molecular formula is C30H36N5O6PS. The molecule has 3 aromatic rings. The van der Waals surface area contributed by atoms with Crippen molar-refractivity contribution in [3.05, 3.63) is 88.4 Å². The van der Waals surface area contributed by atoms with E-state index in [1.165, 1.54) is 11.3 Å². The third kappa shape index (κ3) is 10.4. The number of carbonyl (C=O) groups excluding carboxylic acids is 4. The molecule has 0 radical (unpaired) electrons. The van der Waals surface area contributed by atoms with Crippen LogP contribution in [0.3, 0.4) is 0 Å². The maximum absolute atomic E-state index is 13.7. The normalized spacial score (nSPS) is 16.2. The number of rotatable bonds is 16. The summed E-state index contributed by atoms with van der Waals surface area (Å²) in [4.78, 5) is 67.3. The van der Waals surface area contributed by atoms with Crippen LogP contribution in [0.5, 0.6) is 0 Å². The SMILES string of the molecule is NC(=O)[C@H](CC1CC1)NC(=O)[C@H](Cc1ccncc1)NC(=O)CP(=O)(O)C(Cc1ccccc1)NC(=O)Cc1cccs1. The Morgan fingerprint density at radius 3 is 2.23 bits per heavy atom. The molecule has 1 aromatic carbocycles. The van der Waals surface area contributed by atoms with E-state index in [0.29, 0.717) is 23.5 Å². The minimum absolute atomic E-state index is 0.0282. The van der Waals surface area contributed by atoms with E-state index in [9.17, 15) is 28.6 Å². The molecule has 0 bridgehead atoms. The lowest BCUT2D eigenvalue weighted by atomic mass is 10.0. The molecule has 0 aliphatic heterocycles. The van der Waals surface area contributed by atoms with Crippen molar-refractivity contribution >= 4 is 42.3 Å². The number of nitrogens with two attached hydrogens (primary N) is 1. The molecule has 4 atom stereocenters. The summed E-state index contributed by atoms with van der Waals surface area (Å²) in [6.07, 6.45) is 4.69. The molecule has 2 unspecified atom stereocenters. The lowest BCUT2D eigenvalue weighted by Crippen LogP contribution is -2.54. The highest BCUT2D eigenvalue weighted by molar-refractivity contribution is 7.59.